The molecule has 0 saturated heterocycles. The van der Waals surface area contributed by atoms with Gasteiger partial charge in [-0.2, -0.15) is 5.26 Å². The fourth-order valence-electron chi connectivity index (χ4n) is 1.33. The summed E-state index contributed by atoms with van der Waals surface area (Å²) in [7, 11) is 0. The molecule has 1 aromatic heterocycles. The number of hydrogen-bond donors (Lipinski definition) is 0. The topological polar surface area (TPSA) is 36.7 Å². The summed E-state index contributed by atoms with van der Waals surface area (Å²) in [5.74, 6) is 0. The van der Waals surface area contributed by atoms with Crippen LogP contribution in [0.2, 0.25) is 0 Å². The third-order valence-corrected chi connectivity index (χ3v) is 3.13. The minimum atomic E-state index is 0.650. The molecule has 0 fully saturated rings. The summed E-state index contributed by atoms with van der Waals surface area (Å²) in [6, 6.07) is 11.4. The Bertz CT molecular complexity index is 556. The summed E-state index contributed by atoms with van der Waals surface area (Å²) in [6.07, 6.45) is 1.75. The van der Waals surface area contributed by atoms with Crippen LogP contribution in [-0.2, 0) is 0 Å². The number of aromatic nitrogens is 1. The van der Waals surface area contributed by atoms with Crippen LogP contribution in [-0.4, -0.2) is 4.98 Å². The molecule has 0 aliphatic heterocycles. The lowest BCUT2D eigenvalue weighted by atomic mass is 10.1. The van der Waals surface area contributed by atoms with Gasteiger partial charge in [0.15, 0.2) is 0 Å². The van der Waals surface area contributed by atoms with Gasteiger partial charge >= 0.3 is 0 Å². The Morgan fingerprint density at radius 1 is 1.12 bits per heavy atom. The Morgan fingerprint density at radius 2 is 1.81 bits per heavy atom. The highest BCUT2D eigenvalue weighted by Gasteiger charge is 2.05. The Kier molecular flexibility index (Phi) is 3.37. The van der Waals surface area contributed by atoms with Crippen LogP contribution in [0.15, 0.2) is 45.5 Å². The first-order chi connectivity index (χ1) is 7.70. The maximum Gasteiger partial charge on any atom is 0.0991 e. The number of pyridine rings is 1. The average Bonchev–Trinajstić information content (AvgIpc) is 2.29. The van der Waals surface area contributed by atoms with Crippen molar-refractivity contribution in [1.29, 1.82) is 5.26 Å². The first-order valence-electron chi connectivity index (χ1n) is 4.52. The van der Waals surface area contributed by atoms with Crippen LogP contribution in [0.5, 0.6) is 0 Å². The van der Waals surface area contributed by atoms with E-state index in [-0.39, 0.29) is 0 Å². The van der Waals surface area contributed by atoms with E-state index < -0.39 is 0 Å². The summed E-state index contributed by atoms with van der Waals surface area (Å²) in [5.41, 5.74) is 2.50. The minimum absolute atomic E-state index is 0.650. The smallest absolute Gasteiger partial charge is 0.0991 e. The highest BCUT2D eigenvalue weighted by Crippen LogP contribution is 2.28. The molecule has 0 aliphatic carbocycles. The van der Waals surface area contributed by atoms with E-state index in [9.17, 15) is 0 Å². The average molecular weight is 338 g/mol. The number of rotatable bonds is 1. The van der Waals surface area contributed by atoms with Gasteiger partial charge in [-0.1, -0.05) is 12.1 Å². The molecule has 2 nitrogen and oxygen atoms in total. The Morgan fingerprint density at radius 3 is 2.38 bits per heavy atom. The second-order valence-electron chi connectivity index (χ2n) is 3.17. The first kappa shape index (κ1) is 11.3. The predicted molar refractivity (Wildman–Crippen MR) is 69.8 cm³/mol. The summed E-state index contributed by atoms with van der Waals surface area (Å²) >= 11 is 6.82. The number of nitrogens with zero attached hydrogens (tertiary/aromatic N) is 2. The number of benzene rings is 1. The monoisotopic (exact) mass is 336 g/mol. The fraction of sp³-hybridized carbons (Fsp3) is 0. The molecular formula is C12H6Br2N2. The second-order valence-corrected chi connectivity index (χ2v) is 4.94. The van der Waals surface area contributed by atoms with Gasteiger partial charge in [0, 0.05) is 20.7 Å². The van der Waals surface area contributed by atoms with E-state index in [2.05, 4.69) is 42.9 Å². The molecule has 0 N–H and O–H groups in total. The van der Waals surface area contributed by atoms with Gasteiger partial charge in [0.05, 0.1) is 17.3 Å². The lowest BCUT2D eigenvalue weighted by Gasteiger charge is -2.03. The van der Waals surface area contributed by atoms with Crippen LogP contribution < -0.4 is 0 Å². The molecule has 0 spiro atoms. The number of hydrogen-bond acceptors (Lipinski definition) is 2. The van der Waals surface area contributed by atoms with Gasteiger partial charge in [-0.05, 0) is 50.1 Å². The van der Waals surface area contributed by atoms with E-state index in [1.54, 1.807) is 18.3 Å². The van der Waals surface area contributed by atoms with Gasteiger partial charge in [0.2, 0.25) is 0 Å². The quantitative estimate of drug-likeness (QED) is 0.784. The van der Waals surface area contributed by atoms with Crippen LogP contribution in [0.4, 0.5) is 0 Å². The Hall–Kier alpha value is -1.18. The van der Waals surface area contributed by atoms with Gasteiger partial charge in [-0.3, -0.25) is 4.98 Å². The van der Waals surface area contributed by atoms with Gasteiger partial charge in [-0.25, -0.2) is 0 Å². The maximum atomic E-state index is 8.71. The van der Waals surface area contributed by atoms with Gasteiger partial charge in [0.1, 0.15) is 0 Å². The summed E-state index contributed by atoms with van der Waals surface area (Å²) in [6.45, 7) is 0. The third kappa shape index (κ3) is 2.31. The fourth-order valence-corrected chi connectivity index (χ4v) is 2.55. The van der Waals surface area contributed by atoms with Crippen LogP contribution in [0.3, 0.4) is 0 Å². The molecule has 0 radical (unpaired) electrons. The van der Waals surface area contributed by atoms with Gasteiger partial charge in [-0.15, -0.1) is 0 Å². The van der Waals surface area contributed by atoms with E-state index in [0.717, 1.165) is 20.2 Å². The van der Waals surface area contributed by atoms with Crippen LogP contribution in [0.25, 0.3) is 11.3 Å². The zero-order chi connectivity index (χ0) is 11.5. The van der Waals surface area contributed by atoms with Crippen molar-refractivity contribution < 1.29 is 0 Å². The zero-order valence-corrected chi connectivity index (χ0v) is 11.3. The first-order valence-corrected chi connectivity index (χ1v) is 6.11. The van der Waals surface area contributed by atoms with E-state index in [4.69, 9.17) is 5.26 Å². The Labute approximate surface area is 110 Å². The molecule has 1 aromatic carbocycles. The summed E-state index contributed by atoms with van der Waals surface area (Å²) < 4.78 is 1.85. The highest BCUT2D eigenvalue weighted by molar-refractivity contribution is 9.11. The second kappa shape index (κ2) is 4.77. The molecule has 1 heterocycles. The molecule has 16 heavy (non-hydrogen) atoms. The SMILES string of the molecule is N#Cc1ccc(-c2ncc(Br)cc2Br)cc1. The van der Waals surface area contributed by atoms with E-state index in [1.807, 2.05) is 18.2 Å². The van der Waals surface area contributed by atoms with Crippen LogP contribution in [0, 0.1) is 11.3 Å². The van der Waals surface area contributed by atoms with Crippen molar-refractivity contribution in [2.45, 2.75) is 0 Å². The molecular weight excluding hydrogens is 332 g/mol. The summed E-state index contributed by atoms with van der Waals surface area (Å²) in [5, 5.41) is 8.71. The molecule has 0 amide bonds. The maximum absolute atomic E-state index is 8.71. The highest BCUT2D eigenvalue weighted by atomic mass is 79.9. The molecule has 0 atom stereocenters. The van der Waals surface area contributed by atoms with Crippen LogP contribution >= 0.6 is 31.9 Å². The standard InChI is InChI=1S/C12H6Br2N2/c13-10-5-11(14)12(16-7-10)9-3-1-8(6-15)2-4-9/h1-5,7H. The van der Waals surface area contributed by atoms with E-state index >= 15 is 0 Å². The van der Waals surface area contributed by atoms with Crippen molar-refractivity contribution >= 4 is 31.9 Å². The molecule has 0 unspecified atom stereocenters. The van der Waals surface area contributed by atoms with Gasteiger partial charge < -0.3 is 0 Å². The van der Waals surface area contributed by atoms with Crippen molar-refractivity contribution in [1.82, 2.24) is 4.98 Å². The number of nitriles is 1. The molecule has 4 heteroatoms. The summed E-state index contributed by atoms with van der Waals surface area (Å²) in [4.78, 5) is 4.33. The molecule has 0 bridgehead atoms. The lowest BCUT2D eigenvalue weighted by Crippen LogP contribution is -1.85. The van der Waals surface area contributed by atoms with E-state index in [0.29, 0.717) is 5.56 Å². The largest absolute Gasteiger partial charge is 0.254 e. The van der Waals surface area contributed by atoms with Crippen LogP contribution in [0.1, 0.15) is 5.56 Å². The third-order valence-electron chi connectivity index (χ3n) is 2.10. The van der Waals surface area contributed by atoms with Gasteiger partial charge in [0.25, 0.3) is 0 Å². The van der Waals surface area contributed by atoms with Crippen molar-refractivity contribution in [3.8, 4) is 17.3 Å². The zero-order valence-electron chi connectivity index (χ0n) is 8.11. The van der Waals surface area contributed by atoms with Crippen molar-refractivity contribution in [3.05, 3.63) is 51.0 Å². The minimum Gasteiger partial charge on any atom is -0.254 e. The molecule has 2 aromatic rings. The van der Waals surface area contributed by atoms with Crippen molar-refractivity contribution in [3.63, 3.8) is 0 Å². The molecule has 0 saturated carbocycles. The normalized spacial score (nSPS) is 9.81. The molecule has 0 aliphatic rings. The van der Waals surface area contributed by atoms with E-state index in [1.165, 1.54) is 0 Å². The molecule has 2 rings (SSSR count). The predicted octanol–water partition coefficient (Wildman–Crippen LogP) is 4.15. The van der Waals surface area contributed by atoms with Crippen molar-refractivity contribution in [2.75, 3.05) is 0 Å². The Balaban J connectivity index is 2.47. The number of halogens is 2. The lowest BCUT2D eigenvalue weighted by molar-refractivity contribution is 1.29. The van der Waals surface area contributed by atoms with Crippen molar-refractivity contribution in [2.24, 2.45) is 0 Å². The molecule has 78 valence electrons.